The first-order valence-corrected chi connectivity index (χ1v) is 4.95. The fourth-order valence-electron chi connectivity index (χ4n) is 2.23. The Morgan fingerprint density at radius 1 is 1.50 bits per heavy atom. The normalized spacial score (nSPS) is 25.6. The van der Waals surface area contributed by atoms with Crippen LogP contribution >= 0.6 is 0 Å². The molecule has 1 aromatic rings. The largest absolute Gasteiger partial charge is 0.378 e. The Labute approximate surface area is 83.6 Å². The minimum absolute atomic E-state index is 0.549. The van der Waals surface area contributed by atoms with Crippen molar-refractivity contribution in [2.24, 2.45) is 0 Å². The Kier molecular flexibility index (Phi) is 2.16. The lowest BCUT2D eigenvalue weighted by Gasteiger charge is -2.30. The minimum atomic E-state index is -1.24. The molecule has 0 amide bonds. The van der Waals surface area contributed by atoms with Gasteiger partial charge in [0.2, 0.25) is 0 Å². The highest BCUT2D eigenvalue weighted by atomic mass is 16.3. The first-order chi connectivity index (χ1) is 6.67. The molecular formula is C12H14O2. The van der Waals surface area contributed by atoms with Gasteiger partial charge in [-0.25, -0.2) is 0 Å². The standard InChI is InChI=1S/C12H14O2/c1-9-4-2-6-11-10(9)5-3-7-12(11,14)8-13/h2,4,6,8,14H,3,5,7H2,1H3. The van der Waals surface area contributed by atoms with Crippen LogP contribution < -0.4 is 0 Å². The Bertz CT molecular complexity index is 371. The van der Waals surface area contributed by atoms with Crippen molar-refractivity contribution < 1.29 is 9.90 Å². The molecule has 1 aromatic carbocycles. The zero-order valence-corrected chi connectivity index (χ0v) is 8.29. The van der Waals surface area contributed by atoms with Gasteiger partial charge in [0.15, 0.2) is 6.29 Å². The van der Waals surface area contributed by atoms with E-state index in [1.54, 1.807) is 0 Å². The topological polar surface area (TPSA) is 37.3 Å². The summed E-state index contributed by atoms with van der Waals surface area (Å²) in [6.45, 7) is 2.02. The third kappa shape index (κ3) is 1.26. The van der Waals surface area contributed by atoms with Gasteiger partial charge in [-0.05, 0) is 42.9 Å². The summed E-state index contributed by atoms with van der Waals surface area (Å²) in [5.74, 6) is 0. The molecule has 1 N–H and O–H groups in total. The van der Waals surface area contributed by atoms with Gasteiger partial charge in [-0.3, -0.25) is 4.79 Å². The Hall–Kier alpha value is -1.15. The second kappa shape index (κ2) is 3.21. The van der Waals surface area contributed by atoms with Crippen LogP contribution in [-0.4, -0.2) is 11.4 Å². The summed E-state index contributed by atoms with van der Waals surface area (Å²) in [5, 5.41) is 10.1. The highest BCUT2D eigenvalue weighted by molar-refractivity contribution is 5.68. The monoisotopic (exact) mass is 190 g/mol. The summed E-state index contributed by atoms with van der Waals surface area (Å²) in [4.78, 5) is 10.9. The van der Waals surface area contributed by atoms with Crippen molar-refractivity contribution in [3.05, 3.63) is 34.9 Å². The number of fused-ring (bicyclic) bond motifs is 1. The highest BCUT2D eigenvalue weighted by Crippen LogP contribution is 2.34. The molecule has 14 heavy (non-hydrogen) atoms. The lowest BCUT2D eigenvalue weighted by atomic mass is 9.78. The first-order valence-electron chi connectivity index (χ1n) is 4.95. The van der Waals surface area contributed by atoms with Gasteiger partial charge in [-0.1, -0.05) is 18.2 Å². The Balaban J connectivity index is 2.60. The van der Waals surface area contributed by atoms with Gasteiger partial charge in [0.1, 0.15) is 5.60 Å². The van der Waals surface area contributed by atoms with Gasteiger partial charge in [0.05, 0.1) is 0 Å². The number of carbonyl (C=O) groups is 1. The van der Waals surface area contributed by atoms with Crippen LogP contribution in [-0.2, 0) is 16.8 Å². The van der Waals surface area contributed by atoms with Crippen LogP contribution in [0.25, 0.3) is 0 Å². The maximum Gasteiger partial charge on any atom is 0.156 e. The summed E-state index contributed by atoms with van der Waals surface area (Å²) >= 11 is 0. The Morgan fingerprint density at radius 2 is 2.29 bits per heavy atom. The van der Waals surface area contributed by atoms with Crippen molar-refractivity contribution >= 4 is 6.29 Å². The van der Waals surface area contributed by atoms with Crippen LogP contribution in [0.5, 0.6) is 0 Å². The molecule has 0 bridgehead atoms. The van der Waals surface area contributed by atoms with Crippen molar-refractivity contribution in [3.8, 4) is 0 Å². The molecule has 0 fully saturated rings. The molecule has 0 aromatic heterocycles. The fraction of sp³-hybridized carbons (Fsp3) is 0.417. The molecule has 2 rings (SSSR count). The minimum Gasteiger partial charge on any atom is -0.378 e. The quantitative estimate of drug-likeness (QED) is 0.684. The van der Waals surface area contributed by atoms with E-state index in [-0.39, 0.29) is 0 Å². The maximum atomic E-state index is 10.9. The summed E-state index contributed by atoms with van der Waals surface area (Å²) in [7, 11) is 0. The van der Waals surface area contributed by atoms with Crippen molar-refractivity contribution in [3.63, 3.8) is 0 Å². The van der Waals surface area contributed by atoms with Crippen LogP contribution in [0.3, 0.4) is 0 Å². The third-order valence-corrected chi connectivity index (χ3v) is 3.06. The van der Waals surface area contributed by atoms with Crippen LogP contribution in [0.1, 0.15) is 29.5 Å². The van der Waals surface area contributed by atoms with Gasteiger partial charge < -0.3 is 5.11 Å². The molecule has 0 heterocycles. The van der Waals surface area contributed by atoms with Crippen molar-refractivity contribution in [2.75, 3.05) is 0 Å². The van der Waals surface area contributed by atoms with Crippen LogP contribution in [0.15, 0.2) is 18.2 Å². The molecule has 0 radical (unpaired) electrons. The van der Waals surface area contributed by atoms with E-state index in [4.69, 9.17) is 0 Å². The lowest BCUT2D eigenvalue weighted by Crippen LogP contribution is -2.32. The number of hydrogen-bond donors (Lipinski definition) is 1. The molecular weight excluding hydrogens is 176 g/mol. The van der Waals surface area contributed by atoms with E-state index in [0.29, 0.717) is 12.7 Å². The predicted octanol–water partition coefficient (Wildman–Crippen LogP) is 1.72. The lowest BCUT2D eigenvalue weighted by molar-refractivity contribution is -0.126. The van der Waals surface area contributed by atoms with Gasteiger partial charge >= 0.3 is 0 Å². The molecule has 0 saturated heterocycles. The number of aryl methyl sites for hydroxylation is 1. The summed E-state index contributed by atoms with van der Waals surface area (Å²) in [5.41, 5.74) is 1.88. The average molecular weight is 190 g/mol. The van der Waals surface area contributed by atoms with Gasteiger partial charge in [0.25, 0.3) is 0 Å². The van der Waals surface area contributed by atoms with Gasteiger partial charge in [-0.15, -0.1) is 0 Å². The van der Waals surface area contributed by atoms with Gasteiger partial charge in [0, 0.05) is 0 Å². The molecule has 74 valence electrons. The van der Waals surface area contributed by atoms with Crippen molar-refractivity contribution in [2.45, 2.75) is 31.8 Å². The SMILES string of the molecule is Cc1cccc2c1CCCC2(O)C=O. The van der Waals surface area contributed by atoms with E-state index >= 15 is 0 Å². The van der Waals surface area contributed by atoms with Crippen molar-refractivity contribution in [1.82, 2.24) is 0 Å². The van der Waals surface area contributed by atoms with Crippen molar-refractivity contribution in [1.29, 1.82) is 0 Å². The number of aliphatic hydroxyl groups is 1. The molecule has 0 aliphatic heterocycles. The van der Waals surface area contributed by atoms with Crippen LogP contribution in [0.4, 0.5) is 0 Å². The van der Waals surface area contributed by atoms with Crippen LogP contribution in [0.2, 0.25) is 0 Å². The molecule has 0 saturated carbocycles. The second-order valence-electron chi connectivity index (χ2n) is 4.00. The van der Waals surface area contributed by atoms with E-state index < -0.39 is 5.60 Å². The molecule has 0 spiro atoms. The number of benzene rings is 1. The molecule has 1 aliphatic rings. The molecule has 1 atom stereocenters. The summed E-state index contributed by atoms with van der Waals surface area (Å²) < 4.78 is 0. The predicted molar refractivity (Wildman–Crippen MR) is 54.1 cm³/mol. The number of aldehydes is 1. The van der Waals surface area contributed by atoms with E-state index in [9.17, 15) is 9.90 Å². The second-order valence-corrected chi connectivity index (χ2v) is 4.00. The number of carbonyl (C=O) groups excluding carboxylic acids is 1. The third-order valence-electron chi connectivity index (χ3n) is 3.06. The van der Waals surface area contributed by atoms with E-state index in [0.717, 1.165) is 24.0 Å². The van der Waals surface area contributed by atoms with E-state index in [2.05, 4.69) is 0 Å². The molecule has 1 unspecified atom stereocenters. The van der Waals surface area contributed by atoms with Gasteiger partial charge in [-0.2, -0.15) is 0 Å². The number of rotatable bonds is 1. The average Bonchev–Trinajstić information content (AvgIpc) is 2.20. The first kappa shape index (κ1) is 9.41. The Morgan fingerprint density at radius 3 is 3.00 bits per heavy atom. The maximum absolute atomic E-state index is 10.9. The fourth-order valence-corrected chi connectivity index (χ4v) is 2.23. The molecule has 1 aliphatic carbocycles. The zero-order valence-electron chi connectivity index (χ0n) is 8.29. The zero-order chi connectivity index (χ0) is 10.2. The summed E-state index contributed by atoms with van der Waals surface area (Å²) in [6, 6.07) is 5.78. The van der Waals surface area contributed by atoms with Crippen LogP contribution in [0, 0.1) is 6.92 Å². The molecule has 2 nitrogen and oxygen atoms in total. The highest BCUT2D eigenvalue weighted by Gasteiger charge is 2.34. The van der Waals surface area contributed by atoms with E-state index in [1.807, 2.05) is 25.1 Å². The molecule has 2 heteroatoms. The summed E-state index contributed by atoms with van der Waals surface area (Å²) in [6.07, 6.45) is 3.07. The number of hydrogen-bond acceptors (Lipinski definition) is 2. The van der Waals surface area contributed by atoms with E-state index in [1.165, 1.54) is 5.56 Å². The smallest absolute Gasteiger partial charge is 0.156 e.